The van der Waals surface area contributed by atoms with E-state index in [0.29, 0.717) is 0 Å². The van der Waals surface area contributed by atoms with Gasteiger partial charge in [-0.3, -0.25) is 4.79 Å². The fourth-order valence-electron chi connectivity index (χ4n) is 1.89. The van der Waals surface area contributed by atoms with E-state index in [1.165, 1.54) is 5.56 Å². The number of amides is 1. The summed E-state index contributed by atoms with van der Waals surface area (Å²) in [7, 11) is 0. The van der Waals surface area contributed by atoms with Gasteiger partial charge in [0.1, 0.15) is 0 Å². The van der Waals surface area contributed by atoms with Crippen LogP contribution in [0.25, 0.3) is 6.08 Å². The van der Waals surface area contributed by atoms with Gasteiger partial charge in [-0.1, -0.05) is 66.3 Å². The minimum Gasteiger partial charge on any atom is -0.376 e. The van der Waals surface area contributed by atoms with Crippen LogP contribution in [0.1, 0.15) is 11.1 Å². The van der Waals surface area contributed by atoms with Gasteiger partial charge in [-0.05, 0) is 30.7 Å². The van der Waals surface area contributed by atoms with Gasteiger partial charge in [0.25, 0.3) is 5.91 Å². The molecule has 0 unspecified atom stereocenters. The van der Waals surface area contributed by atoms with E-state index < -0.39 is 0 Å². The van der Waals surface area contributed by atoms with Crippen LogP contribution in [0, 0.1) is 6.92 Å². The number of aryl methyl sites for hydroxylation is 1. The number of carbonyl (C=O) groups excluding carboxylic acids is 1. The Bertz CT molecular complexity index is 716. The first-order chi connectivity index (χ1) is 11.7. The van der Waals surface area contributed by atoms with Crippen LogP contribution in [-0.4, -0.2) is 18.7 Å². The maximum absolute atomic E-state index is 11.6. The quantitative estimate of drug-likeness (QED) is 0.463. The number of hydrazone groups is 1. The molecule has 122 valence electrons. The van der Waals surface area contributed by atoms with E-state index in [9.17, 15) is 4.79 Å². The molecule has 0 aliphatic heterocycles. The molecule has 0 aliphatic rings. The summed E-state index contributed by atoms with van der Waals surface area (Å²) < 4.78 is 0. The summed E-state index contributed by atoms with van der Waals surface area (Å²) in [6, 6.07) is 17.9. The number of allylic oxidation sites excluding steroid dienone is 3. The number of rotatable bonds is 7. The highest BCUT2D eigenvalue weighted by molar-refractivity contribution is 5.82. The van der Waals surface area contributed by atoms with Crippen LogP contribution in [0.5, 0.6) is 0 Å². The fraction of sp³-hybridized carbons (Fsp3) is 0.100. The van der Waals surface area contributed by atoms with Crippen molar-refractivity contribution in [2.75, 3.05) is 11.9 Å². The van der Waals surface area contributed by atoms with Crippen LogP contribution in [-0.2, 0) is 4.79 Å². The minimum atomic E-state index is -0.194. The van der Waals surface area contributed by atoms with Gasteiger partial charge in [0.2, 0.25) is 0 Å². The second-order valence-corrected chi connectivity index (χ2v) is 5.19. The zero-order valence-corrected chi connectivity index (χ0v) is 13.6. The molecule has 4 heteroatoms. The Kier molecular flexibility index (Phi) is 7.02. The summed E-state index contributed by atoms with van der Waals surface area (Å²) >= 11 is 0. The van der Waals surface area contributed by atoms with Crippen molar-refractivity contribution in [2.24, 2.45) is 5.10 Å². The van der Waals surface area contributed by atoms with Gasteiger partial charge in [0.05, 0.1) is 6.54 Å². The molecule has 2 aromatic carbocycles. The molecule has 0 spiro atoms. The molecule has 0 aromatic heterocycles. The van der Waals surface area contributed by atoms with Gasteiger partial charge in [-0.15, -0.1) is 0 Å². The molecule has 0 saturated carbocycles. The highest BCUT2D eigenvalue weighted by Gasteiger charge is 1.98. The summed E-state index contributed by atoms with van der Waals surface area (Å²) in [4.78, 5) is 11.6. The lowest BCUT2D eigenvalue weighted by Gasteiger charge is -2.05. The summed E-state index contributed by atoms with van der Waals surface area (Å²) in [6.07, 6.45) is 9.07. The number of hydrogen-bond acceptors (Lipinski definition) is 3. The first-order valence-corrected chi connectivity index (χ1v) is 7.75. The predicted octanol–water partition coefficient (Wildman–Crippen LogP) is 3.78. The standard InChI is InChI=1S/C20H21N3O/c1-17-11-13-19(14-12-17)21-16-20(24)23-22-15-7-3-6-10-18-8-4-2-5-9-18/h2-15,21H,16H2,1H3,(H,23,24)/b7-3+,10-6+,22-15+. The molecular weight excluding hydrogens is 298 g/mol. The third kappa shape index (κ3) is 6.75. The lowest BCUT2D eigenvalue weighted by Crippen LogP contribution is -2.25. The highest BCUT2D eigenvalue weighted by Crippen LogP contribution is 2.07. The van der Waals surface area contributed by atoms with Crippen molar-refractivity contribution in [3.8, 4) is 0 Å². The van der Waals surface area contributed by atoms with E-state index in [1.807, 2.05) is 79.7 Å². The van der Waals surface area contributed by atoms with Crippen LogP contribution >= 0.6 is 0 Å². The van der Waals surface area contributed by atoms with E-state index >= 15 is 0 Å². The van der Waals surface area contributed by atoms with Crippen LogP contribution in [0.2, 0.25) is 0 Å². The molecular formula is C20H21N3O. The van der Waals surface area contributed by atoms with Gasteiger partial charge in [0, 0.05) is 11.9 Å². The van der Waals surface area contributed by atoms with Crippen molar-refractivity contribution >= 4 is 23.9 Å². The number of carbonyl (C=O) groups is 1. The average molecular weight is 319 g/mol. The van der Waals surface area contributed by atoms with Crippen molar-refractivity contribution in [1.29, 1.82) is 0 Å². The van der Waals surface area contributed by atoms with Gasteiger partial charge in [0.15, 0.2) is 0 Å². The van der Waals surface area contributed by atoms with Gasteiger partial charge >= 0.3 is 0 Å². The third-order valence-corrected chi connectivity index (χ3v) is 3.16. The molecule has 0 saturated heterocycles. The zero-order valence-electron chi connectivity index (χ0n) is 13.6. The Hall–Kier alpha value is -3.14. The van der Waals surface area contributed by atoms with Crippen molar-refractivity contribution in [2.45, 2.75) is 6.92 Å². The highest BCUT2D eigenvalue weighted by atomic mass is 16.2. The summed E-state index contributed by atoms with van der Waals surface area (Å²) in [5, 5.41) is 6.89. The molecule has 0 fully saturated rings. The SMILES string of the molecule is Cc1ccc(NCC(=O)N/N=C/C=C/C=C/c2ccccc2)cc1. The monoisotopic (exact) mass is 319 g/mol. The van der Waals surface area contributed by atoms with E-state index in [1.54, 1.807) is 12.3 Å². The van der Waals surface area contributed by atoms with Crippen molar-refractivity contribution in [3.63, 3.8) is 0 Å². The van der Waals surface area contributed by atoms with Crippen LogP contribution in [0.3, 0.4) is 0 Å². The Morgan fingerprint density at radius 3 is 2.50 bits per heavy atom. The molecule has 0 aliphatic carbocycles. The normalized spacial score (nSPS) is 11.4. The van der Waals surface area contributed by atoms with Crippen molar-refractivity contribution in [1.82, 2.24) is 5.43 Å². The molecule has 0 bridgehead atoms. The van der Waals surface area contributed by atoms with Gasteiger partial charge < -0.3 is 5.32 Å². The molecule has 2 N–H and O–H groups in total. The number of hydrogen-bond donors (Lipinski definition) is 2. The van der Waals surface area contributed by atoms with E-state index in [4.69, 9.17) is 0 Å². The Morgan fingerprint density at radius 1 is 1.00 bits per heavy atom. The van der Waals surface area contributed by atoms with E-state index in [-0.39, 0.29) is 12.5 Å². The van der Waals surface area contributed by atoms with Crippen molar-refractivity contribution in [3.05, 3.63) is 84.0 Å². The largest absolute Gasteiger partial charge is 0.376 e. The second-order valence-electron chi connectivity index (χ2n) is 5.19. The van der Waals surface area contributed by atoms with E-state index in [0.717, 1.165) is 11.3 Å². The molecule has 0 heterocycles. The van der Waals surface area contributed by atoms with Crippen LogP contribution in [0.15, 0.2) is 77.9 Å². The average Bonchev–Trinajstić information content (AvgIpc) is 2.61. The fourth-order valence-corrected chi connectivity index (χ4v) is 1.89. The van der Waals surface area contributed by atoms with Crippen molar-refractivity contribution < 1.29 is 4.79 Å². The minimum absolute atomic E-state index is 0.179. The molecule has 2 aromatic rings. The maximum atomic E-state index is 11.6. The lowest BCUT2D eigenvalue weighted by atomic mass is 10.2. The summed E-state index contributed by atoms with van der Waals surface area (Å²) in [6.45, 7) is 2.20. The maximum Gasteiger partial charge on any atom is 0.259 e. The lowest BCUT2D eigenvalue weighted by molar-refractivity contribution is -0.119. The Morgan fingerprint density at radius 2 is 1.75 bits per heavy atom. The van der Waals surface area contributed by atoms with E-state index in [2.05, 4.69) is 15.8 Å². The molecule has 24 heavy (non-hydrogen) atoms. The first kappa shape index (κ1) is 17.2. The number of nitrogens with one attached hydrogen (secondary N) is 2. The second kappa shape index (κ2) is 9.79. The summed E-state index contributed by atoms with van der Waals surface area (Å²) in [5.74, 6) is -0.194. The Labute approximate surface area is 142 Å². The topological polar surface area (TPSA) is 53.5 Å². The molecule has 1 amide bonds. The third-order valence-electron chi connectivity index (χ3n) is 3.16. The molecule has 0 atom stereocenters. The van der Waals surface area contributed by atoms with Crippen LogP contribution < -0.4 is 10.7 Å². The smallest absolute Gasteiger partial charge is 0.259 e. The molecule has 0 radical (unpaired) electrons. The summed E-state index contributed by atoms with van der Waals surface area (Å²) in [5.41, 5.74) is 5.69. The number of nitrogens with zero attached hydrogens (tertiary/aromatic N) is 1. The molecule has 2 rings (SSSR count). The van der Waals surface area contributed by atoms with Gasteiger partial charge in [-0.25, -0.2) is 5.43 Å². The first-order valence-electron chi connectivity index (χ1n) is 7.75. The predicted molar refractivity (Wildman–Crippen MR) is 101 cm³/mol. The van der Waals surface area contributed by atoms with Crippen LogP contribution in [0.4, 0.5) is 5.69 Å². The number of anilines is 1. The zero-order chi connectivity index (χ0) is 17.0. The van der Waals surface area contributed by atoms with Gasteiger partial charge in [-0.2, -0.15) is 5.10 Å². The molecule has 4 nitrogen and oxygen atoms in total. The Balaban J connectivity index is 1.65. The number of benzene rings is 2.